The molecule has 7 heteroatoms. The van der Waals surface area contributed by atoms with Crippen molar-refractivity contribution in [2.24, 2.45) is 0 Å². The smallest absolute Gasteiger partial charge is 0.325 e. The quantitative estimate of drug-likeness (QED) is 0.418. The normalized spacial score (nSPS) is 13.9. The van der Waals surface area contributed by atoms with Crippen molar-refractivity contribution < 1.29 is 9.18 Å². The summed E-state index contributed by atoms with van der Waals surface area (Å²) in [5.74, 6) is 0.564. The van der Waals surface area contributed by atoms with Crippen LogP contribution < -0.4 is 4.90 Å². The van der Waals surface area contributed by atoms with Crippen LogP contribution in [0.3, 0.4) is 0 Å². The number of imidazole rings is 1. The number of carbonyl (C=O) groups is 1. The Hall–Kier alpha value is -3.45. The minimum atomic E-state index is -0.269. The highest BCUT2D eigenvalue weighted by atomic mass is 32.1. The standard InChI is InChI=1S/C25H23FN4OS/c1-17-13-22(30-12-11-29(25(30)31)16-19-7-9-20(26)10-8-19)32-23(17)24-27-15-21(28-24)14-18-5-3-2-4-6-18/h2-10,13,15H,11-12,14,16H2,1H3,(H,27,28). The number of anilines is 1. The molecule has 162 valence electrons. The number of hydrogen-bond donors (Lipinski definition) is 1. The van der Waals surface area contributed by atoms with E-state index >= 15 is 0 Å². The summed E-state index contributed by atoms with van der Waals surface area (Å²) in [6.45, 7) is 3.81. The number of benzene rings is 2. The summed E-state index contributed by atoms with van der Waals surface area (Å²) in [6, 6.07) is 18.6. The molecule has 5 rings (SSSR count). The molecule has 2 amide bonds. The van der Waals surface area contributed by atoms with Crippen LogP contribution in [0.4, 0.5) is 14.2 Å². The number of urea groups is 1. The molecule has 0 saturated carbocycles. The first kappa shape index (κ1) is 20.5. The van der Waals surface area contributed by atoms with Crippen molar-refractivity contribution in [3.8, 4) is 10.7 Å². The Bertz CT molecular complexity index is 1230. The number of halogens is 1. The number of hydrogen-bond acceptors (Lipinski definition) is 3. The van der Waals surface area contributed by atoms with E-state index in [9.17, 15) is 9.18 Å². The molecular weight excluding hydrogens is 423 g/mol. The van der Waals surface area contributed by atoms with Gasteiger partial charge in [0.1, 0.15) is 11.6 Å². The number of rotatable bonds is 6. The summed E-state index contributed by atoms with van der Waals surface area (Å²) in [4.78, 5) is 25.7. The van der Waals surface area contributed by atoms with Gasteiger partial charge in [0.15, 0.2) is 0 Å². The van der Waals surface area contributed by atoms with Gasteiger partial charge < -0.3 is 9.88 Å². The second-order valence-corrected chi connectivity index (χ2v) is 9.01. The van der Waals surface area contributed by atoms with E-state index in [4.69, 9.17) is 4.98 Å². The van der Waals surface area contributed by atoms with Crippen molar-refractivity contribution in [2.45, 2.75) is 19.9 Å². The van der Waals surface area contributed by atoms with Crippen LogP contribution in [0.15, 0.2) is 66.9 Å². The fraction of sp³-hybridized carbons (Fsp3) is 0.200. The van der Waals surface area contributed by atoms with Crippen LogP contribution in [0.2, 0.25) is 0 Å². The summed E-state index contributed by atoms with van der Waals surface area (Å²) in [7, 11) is 0. The number of nitrogens with one attached hydrogen (secondary N) is 1. The fourth-order valence-corrected chi connectivity index (χ4v) is 5.09. The van der Waals surface area contributed by atoms with E-state index in [0.717, 1.165) is 38.9 Å². The van der Waals surface area contributed by atoms with Gasteiger partial charge in [0.25, 0.3) is 0 Å². The molecule has 32 heavy (non-hydrogen) atoms. The van der Waals surface area contributed by atoms with Crippen LogP contribution in [-0.4, -0.2) is 34.0 Å². The van der Waals surface area contributed by atoms with Gasteiger partial charge in [-0.2, -0.15) is 0 Å². The molecule has 0 spiro atoms. The van der Waals surface area contributed by atoms with E-state index in [1.54, 1.807) is 28.4 Å². The van der Waals surface area contributed by atoms with Gasteiger partial charge in [-0.1, -0.05) is 42.5 Å². The van der Waals surface area contributed by atoms with Crippen LogP contribution in [0, 0.1) is 12.7 Å². The Morgan fingerprint density at radius 3 is 2.62 bits per heavy atom. The lowest BCUT2D eigenvalue weighted by molar-refractivity contribution is 0.219. The van der Waals surface area contributed by atoms with E-state index in [1.165, 1.54) is 17.7 Å². The van der Waals surface area contributed by atoms with E-state index in [-0.39, 0.29) is 11.8 Å². The average molecular weight is 447 g/mol. The third-order valence-corrected chi connectivity index (χ3v) is 6.89. The molecular formula is C25H23FN4OS. The minimum absolute atomic E-state index is 0.0219. The van der Waals surface area contributed by atoms with Crippen molar-refractivity contribution in [3.63, 3.8) is 0 Å². The van der Waals surface area contributed by atoms with Crippen LogP contribution in [-0.2, 0) is 13.0 Å². The van der Waals surface area contributed by atoms with Gasteiger partial charge in [-0.25, -0.2) is 14.2 Å². The molecule has 2 aromatic heterocycles. The number of thiophene rings is 1. The van der Waals surface area contributed by atoms with Gasteiger partial charge in [0, 0.05) is 32.3 Å². The lowest BCUT2D eigenvalue weighted by Gasteiger charge is -2.17. The van der Waals surface area contributed by atoms with Crippen LogP contribution in [0.5, 0.6) is 0 Å². The van der Waals surface area contributed by atoms with Gasteiger partial charge >= 0.3 is 6.03 Å². The summed E-state index contributed by atoms with van der Waals surface area (Å²) < 4.78 is 13.2. The highest BCUT2D eigenvalue weighted by molar-refractivity contribution is 7.19. The van der Waals surface area contributed by atoms with Crippen LogP contribution in [0.1, 0.15) is 22.4 Å². The highest BCUT2D eigenvalue weighted by Crippen LogP contribution is 2.37. The lowest BCUT2D eigenvalue weighted by atomic mass is 10.1. The van der Waals surface area contributed by atoms with E-state index < -0.39 is 0 Å². The van der Waals surface area contributed by atoms with Crippen LogP contribution >= 0.6 is 11.3 Å². The number of aryl methyl sites for hydroxylation is 1. The van der Waals surface area contributed by atoms with Gasteiger partial charge in [-0.15, -0.1) is 11.3 Å². The lowest BCUT2D eigenvalue weighted by Crippen LogP contribution is -2.30. The predicted octanol–water partition coefficient (Wildman–Crippen LogP) is 5.62. The first-order valence-corrected chi connectivity index (χ1v) is 11.4. The fourth-order valence-electron chi connectivity index (χ4n) is 3.95. The molecule has 1 aliphatic rings. The van der Waals surface area contributed by atoms with Crippen molar-refractivity contribution >= 4 is 22.4 Å². The van der Waals surface area contributed by atoms with Crippen LogP contribution in [0.25, 0.3) is 10.7 Å². The number of aromatic amines is 1. The summed E-state index contributed by atoms with van der Waals surface area (Å²) >= 11 is 1.58. The maximum Gasteiger partial charge on any atom is 0.325 e. The molecule has 3 heterocycles. The molecule has 0 bridgehead atoms. The Kier molecular flexibility index (Phi) is 5.49. The van der Waals surface area contributed by atoms with E-state index in [0.29, 0.717) is 19.6 Å². The Balaban J connectivity index is 1.30. The molecule has 0 unspecified atom stereocenters. The maximum absolute atomic E-state index is 13.2. The largest absolute Gasteiger partial charge is 0.344 e. The van der Waals surface area contributed by atoms with Gasteiger partial charge in [0.2, 0.25) is 0 Å². The number of amides is 2. The van der Waals surface area contributed by atoms with Gasteiger partial charge in [-0.05, 0) is 41.8 Å². The molecule has 4 aromatic rings. The number of aromatic nitrogens is 2. The third-order valence-electron chi connectivity index (χ3n) is 5.63. The van der Waals surface area contributed by atoms with E-state index in [2.05, 4.69) is 23.2 Å². The zero-order valence-corrected chi connectivity index (χ0v) is 18.5. The zero-order chi connectivity index (χ0) is 22.1. The first-order chi connectivity index (χ1) is 15.6. The molecule has 1 N–H and O–H groups in total. The maximum atomic E-state index is 13.2. The molecule has 2 aromatic carbocycles. The predicted molar refractivity (Wildman–Crippen MR) is 125 cm³/mol. The monoisotopic (exact) mass is 446 g/mol. The molecule has 5 nitrogen and oxygen atoms in total. The molecule has 0 aliphatic carbocycles. The van der Waals surface area contributed by atoms with Gasteiger partial charge in [0.05, 0.1) is 15.6 Å². The first-order valence-electron chi connectivity index (χ1n) is 10.6. The topological polar surface area (TPSA) is 52.2 Å². The SMILES string of the molecule is Cc1cc(N2CCN(Cc3ccc(F)cc3)C2=O)sc1-c1nc(Cc2ccccc2)c[nH]1. The number of nitrogens with zero attached hydrogens (tertiary/aromatic N) is 3. The van der Waals surface area contributed by atoms with Gasteiger partial charge in [-0.3, -0.25) is 4.90 Å². The highest BCUT2D eigenvalue weighted by Gasteiger charge is 2.31. The summed E-state index contributed by atoms with van der Waals surface area (Å²) in [5, 5.41) is 0.921. The Morgan fingerprint density at radius 2 is 1.84 bits per heavy atom. The molecule has 0 atom stereocenters. The van der Waals surface area contributed by atoms with E-state index in [1.807, 2.05) is 36.2 Å². The Morgan fingerprint density at radius 1 is 1.06 bits per heavy atom. The van der Waals surface area contributed by atoms with Crippen molar-refractivity contribution in [2.75, 3.05) is 18.0 Å². The molecule has 1 aliphatic heterocycles. The third kappa shape index (κ3) is 4.16. The second kappa shape index (κ2) is 8.59. The molecule has 1 fully saturated rings. The molecule has 1 saturated heterocycles. The second-order valence-electron chi connectivity index (χ2n) is 7.98. The van der Waals surface area contributed by atoms with Crippen molar-refractivity contribution in [1.82, 2.24) is 14.9 Å². The average Bonchev–Trinajstić information content (AvgIpc) is 3.50. The minimum Gasteiger partial charge on any atom is -0.344 e. The summed E-state index contributed by atoms with van der Waals surface area (Å²) in [5.41, 5.74) is 4.22. The van der Waals surface area contributed by atoms with Crippen molar-refractivity contribution in [3.05, 3.63) is 95.1 Å². The Labute approximate surface area is 190 Å². The number of carbonyl (C=O) groups excluding carboxylic acids is 1. The number of H-pyrrole nitrogens is 1. The zero-order valence-electron chi connectivity index (χ0n) is 17.7. The molecule has 0 radical (unpaired) electrons. The van der Waals surface area contributed by atoms with Crippen molar-refractivity contribution in [1.29, 1.82) is 0 Å². The summed E-state index contributed by atoms with van der Waals surface area (Å²) in [6.07, 6.45) is 2.73.